The second-order valence-electron chi connectivity index (χ2n) is 9.12. The molecule has 0 spiro atoms. The standard InChI is InChI=1S/C19H30O3/c1-18-8-3-4-14(20)12(18)6-5-11-13(18)10-16(22)19(2)9-7-15(21)17(11)19/h11-13,15-17,21-22H,3-10H2,1-2H3/t11-,12+,13+,15+,16+,17+,18+,19-/m1/s1. The average molecular weight is 306 g/mol. The highest BCUT2D eigenvalue weighted by Gasteiger charge is 2.63. The first-order chi connectivity index (χ1) is 10.4. The molecule has 22 heavy (non-hydrogen) atoms. The Labute approximate surface area is 133 Å². The highest BCUT2D eigenvalue weighted by atomic mass is 16.3. The van der Waals surface area contributed by atoms with Gasteiger partial charge in [-0.2, -0.15) is 0 Å². The quantitative estimate of drug-likeness (QED) is 0.723. The molecule has 0 radical (unpaired) electrons. The molecular weight excluding hydrogens is 276 g/mol. The number of ketones is 1. The second kappa shape index (κ2) is 4.80. The molecule has 0 unspecified atom stereocenters. The van der Waals surface area contributed by atoms with Crippen molar-refractivity contribution >= 4 is 5.78 Å². The zero-order chi connectivity index (χ0) is 15.7. The summed E-state index contributed by atoms with van der Waals surface area (Å²) in [5.74, 6) is 1.81. The van der Waals surface area contributed by atoms with Crippen molar-refractivity contribution in [3.05, 3.63) is 0 Å². The Hall–Kier alpha value is -0.410. The van der Waals surface area contributed by atoms with Gasteiger partial charge in [0.05, 0.1) is 12.2 Å². The number of carbonyl (C=O) groups is 1. The predicted molar refractivity (Wildman–Crippen MR) is 84.1 cm³/mol. The summed E-state index contributed by atoms with van der Waals surface area (Å²) < 4.78 is 0. The molecule has 4 fully saturated rings. The van der Waals surface area contributed by atoms with Gasteiger partial charge in [0.15, 0.2) is 0 Å². The Morgan fingerprint density at radius 2 is 1.82 bits per heavy atom. The SMILES string of the molecule is C[C@]12CC[C@H](O)[C@@H]1[C@@H]1CC[C@H]3C(=O)CCC[C@]3(C)[C@H]1C[C@@H]2O. The molecule has 3 nitrogen and oxygen atoms in total. The van der Waals surface area contributed by atoms with Gasteiger partial charge in [0.2, 0.25) is 0 Å². The molecule has 4 rings (SSSR count). The number of hydrogen-bond acceptors (Lipinski definition) is 3. The fourth-order valence-electron chi connectivity index (χ4n) is 7.13. The monoisotopic (exact) mass is 306 g/mol. The van der Waals surface area contributed by atoms with Crippen molar-refractivity contribution in [2.75, 3.05) is 0 Å². The molecule has 2 N–H and O–H groups in total. The van der Waals surface area contributed by atoms with Crippen molar-refractivity contribution in [3.8, 4) is 0 Å². The van der Waals surface area contributed by atoms with Gasteiger partial charge in [-0.15, -0.1) is 0 Å². The molecule has 0 amide bonds. The predicted octanol–water partition coefficient (Wildman–Crippen LogP) is 2.93. The van der Waals surface area contributed by atoms with Gasteiger partial charge in [-0.25, -0.2) is 0 Å². The molecule has 8 atom stereocenters. The Bertz CT molecular complexity index is 489. The number of aliphatic hydroxyl groups excluding tert-OH is 2. The minimum Gasteiger partial charge on any atom is -0.393 e. The van der Waals surface area contributed by atoms with Crippen LogP contribution in [-0.2, 0) is 4.79 Å². The van der Waals surface area contributed by atoms with E-state index in [-0.39, 0.29) is 34.9 Å². The van der Waals surface area contributed by atoms with Crippen molar-refractivity contribution in [2.45, 2.75) is 77.4 Å². The maximum absolute atomic E-state index is 12.4. The van der Waals surface area contributed by atoms with Gasteiger partial charge in [0.25, 0.3) is 0 Å². The first kappa shape index (κ1) is 15.1. The van der Waals surface area contributed by atoms with Gasteiger partial charge in [0.1, 0.15) is 5.78 Å². The Balaban J connectivity index is 1.72. The lowest BCUT2D eigenvalue weighted by Crippen LogP contribution is -2.59. The van der Waals surface area contributed by atoms with Crippen molar-refractivity contribution in [2.24, 2.45) is 34.5 Å². The van der Waals surface area contributed by atoms with Crippen LogP contribution in [0.15, 0.2) is 0 Å². The van der Waals surface area contributed by atoms with Crippen LogP contribution in [0.1, 0.15) is 65.2 Å². The molecule has 4 aliphatic carbocycles. The van der Waals surface area contributed by atoms with Crippen molar-refractivity contribution in [1.29, 1.82) is 0 Å². The van der Waals surface area contributed by atoms with Gasteiger partial charge < -0.3 is 10.2 Å². The summed E-state index contributed by atoms with van der Waals surface area (Å²) in [6.07, 6.45) is 7.01. The molecule has 0 aromatic carbocycles. The molecule has 0 bridgehead atoms. The summed E-state index contributed by atoms with van der Waals surface area (Å²) in [5.41, 5.74) is -0.0503. The van der Waals surface area contributed by atoms with E-state index >= 15 is 0 Å². The number of rotatable bonds is 0. The highest BCUT2D eigenvalue weighted by molar-refractivity contribution is 5.82. The van der Waals surface area contributed by atoms with Crippen LogP contribution in [-0.4, -0.2) is 28.2 Å². The highest BCUT2D eigenvalue weighted by Crippen LogP contribution is 2.65. The van der Waals surface area contributed by atoms with Crippen molar-refractivity contribution in [1.82, 2.24) is 0 Å². The summed E-state index contributed by atoms with van der Waals surface area (Å²) in [7, 11) is 0. The van der Waals surface area contributed by atoms with E-state index in [1.165, 1.54) is 0 Å². The van der Waals surface area contributed by atoms with Crippen LogP contribution in [0.25, 0.3) is 0 Å². The smallest absolute Gasteiger partial charge is 0.136 e. The summed E-state index contributed by atoms with van der Waals surface area (Å²) in [6.45, 7) is 4.50. The summed E-state index contributed by atoms with van der Waals surface area (Å²) in [4.78, 5) is 12.4. The van der Waals surface area contributed by atoms with E-state index in [2.05, 4.69) is 13.8 Å². The zero-order valence-corrected chi connectivity index (χ0v) is 13.9. The molecule has 0 aromatic rings. The molecule has 4 aliphatic rings. The zero-order valence-electron chi connectivity index (χ0n) is 13.9. The number of hydrogen-bond donors (Lipinski definition) is 2. The summed E-state index contributed by atoms with van der Waals surface area (Å²) in [6, 6.07) is 0. The van der Waals surface area contributed by atoms with E-state index in [9.17, 15) is 15.0 Å². The average Bonchev–Trinajstić information content (AvgIpc) is 2.78. The van der Waals surface area contributed by atoms with Gasteiger partial charge in [-0.05, 0) is 73.5 Å². The summed E-state index contributed by atoms with van der Waals surface area (Å²) in [5, 5.41) is 21.5. The van der Waals surface area contributed by atoms with E-state index in [0.717, 1.165) is 51.4 Å². The van der Waals surface area contributed by atoms with Crippen LogP contribution in [0, 0.1) is 34.5 Å². The number of fused-ring (bicyclic) bond motifs is 5. The maximum atomic E-state index is 12.4. The second-order valence-corrected chi connectivity index (χ2v) is 9.12. The van der Waals surface area contributed by atoms with Crippen LogP contribution in [0.3, 0.4) is 0 Å². The first-order valence-corrected chi connectivity index (χ1v) is 9.27. The van der Waals surface area contributed by atoms with E-state index in [1.807, 2.05) is 0 Å². The van der Waals surface area contributed by atoms with Crippen LogP contribution < -0.4 is 0 Å². The third kappa shape index (κ3) is 1.78. The normalized spacial score (nSPS) is 57.9. The first-order valence-electron chi connectivity index (χ1n) is 9.27. The molecule has 0 aromatic heterocycles. The Kier molecular flexibility index (Phi) is 3.30. The molecule has 3 heteroatoms. The molecule has 0 saturated heterocycles. The largest absolute Gasteiger partial charge is 0.393 e. The third-order valence-corrected chi connectivity index (χ3v) is 8.33. The minimum absolute atomic E-state index is 0.0584. The fraction of sp³-hybridized carbons (Fsp3) is 0.947. The summed E-state index contributed by atoms with van der Waals surface area (Å²) >= 11 is 0. The van der Waals surface area contributed by atoms with Crippen molar-refractivity contribution < 1.29 is 15.0 Å². The topological polar surface area (TPSA) is 57.5 Å². The van der Waals surface area contributed by atoms with Gasteiger partial charge >= 0.3 is 0 Å². The van der Waals surface area contributed by atoms with E-state index in [1.54, 1.807) is 0 Å². The molecule has 4 saturated carbocycles. The number of carbonyl (C=O) groups excluding carboxylic acids is 1. The van der Waals surface area contributed by atoms with Gasteiger partial charge in [-0.3, -0.25) is 4.79 Å². The Morgan fingerprint density at radius 1 is 1.05 bits per heavy atom. The van der Waals surface area contributed by atoms with Gasteiger partial charge in [-0.1, -0.05) is 13.8 Å². The lowest BCUT2D eigenvalue weighted by molar-refractivity contribution is -0.173. The van der Waals surface area contributed by atoms with E-state index in [0.29, 0.717) is 17.6 Å². The van der Waals surface area contributed by atoms with Crippen LogP contribution in [0.2, 0.25) is 0 Å². The molecule has 124 valence electrons. The van der Waals surface area contributed by atoms with Gasteiger partial charge in [0, 0.05) is 12.3 Å². The van der Waals surface area contributed by atoms with Crippen molar-refractivity contribution in [3.63, 3.8) is 0 Å². The van der Waals surface area contributed by atoms with E-state index in [4.69, 9.17) is 0 Å². The lowest BCUT2D eigenvalue weighted by atomic mass is 9.44. The van der Waals surface area contributed by atoms with E-state index < -0.39 is 0 Å². The maximum Gasteiger partial charge on any atom is 0.136 e. The Morgan fingerprint density at radius 3 is 2.59 bits per heavy atom. The van der Waals surface area contributed by atoms with Crippen LogP contribution in [0.4, 0.5) is 0 Å². The lowest BCUT2D eigenvalue weighted by Gasteiger charge is -2.60. The molecule has 0 heterocycles. The van der Waals surface area contributed by atoms with Crippen LogP contribution >= 0.6 is 0 Å². The molecular formula is C19H30O3. The minimum atomic E-state index is -0.316. The fourth-order valence-corrected chi connectivity index (χ4v) is 7.13. The van der Waals surface area contributed by atoms with Crippen LogP contribution in [0.5, 0.6) is 0 Å². The number of Topliss-reactive ketones (excluding diaryl/α,β-unsaturated/α-hetero) is 1. The molecule has 0 aliphatic heterocycles. The third-order valence-electron chi connectivity index (χ3n) is 8.33. The number of aliphatic hydroxyl groups is 2.